The smallest absolute Gasteiger partial charge is 0.252 e. The van der Waals surface area contributed by atoms with Crippen molar-refractivity contribution in [2.24, 2.45) is 10.1 Å². The summed E-state index contributed by atoms with van der Waals surface area (Å²) in [5, 5.41) is 15.9. The molecule has 0 aromatic heterocycles. The molecule has 5 rings (SSSR count). The lowest BCUT2D eigenvalue weighted by Gasteiger charge is -2.31. The fourth-order valence-corrected chi connectivity index (χ4v) is 5.13. The van der Waals surface area contributed by atoms with Crippen LogP contribution < -0.4 is 10.1 Å². The maximum absolute atomic E-state index is 14.3. The second-order valence-electron chi connectivity index (χ2n) is 10.3. The van der Waals surface area contributed by atoms with Crippen LogP contribution in [0.4, 0.5) is 10.1 Å². The van der Waals surface area contributed by atoms with E-state index in [1.54, 1.807) is 36.4 Å². The lowest BCUT2D eigenvalue weighted by atomic mass is 9.81. The molecule has 0 saturated carbocycles. The Morgan fingerprint density at radius 1 is 1.02 bits per heavy atom. The van der Waals surface area contributed by atoms with Gasteiger partial charge in [0.2, 0.25) is 5.90 Å². The van der Waals surface area contributed by atoms with E-state index in [-0.39, 0.29) is 37.2 Å². The molecular weight excluding hydrogens is 561 g/mol. The number of benzene rings is 4. The molecule has 0 saturated heterocycles. The largest absolute Gasteiger partial charge is 0.494 e. The summed E-state index contributed by atoms with van der Waals surface area (Å²) in [6, 6.07) is 29.9. The van der Waals surface area contributed by atoms with E-state index in [1.807, 2.05) is 54.6 Å². The molecule has 2 atom stereocenters. The molecule has 1 heterocycles. The van der Waals surface area contributed by atoms with Crippen molar-refractivity contribution >= 4 is 17.5 Å². The van der Waals surface area contributed by atoms with Gasteiger partial charge in [-0.1, -0.05) is 71.8 Å². The fraction of sp³-hybridized carbons (Fsp3) is 0.235. The highest BCUT2D eigenvalue weighted by molar-refractivity contribution is 6.01. The standard InChI is InChI=1S/C34H32FN5O4/c35-28-15-11-24(12-16-28)19-20-37-33(42)34(23-27-9-4-5-10-30(27)39-40-36)31(25-7-2-1-3-8-25)44-32(38-34)26-13-17-29(18-14-26)43-22-6-21-41/h1-5,7-18,31,41H,6,19-23H2,(H,37,42)/t31-,34-/m1/s1. The Labute approximate surface area is 254 Å². The van der Waals surface area contributed by atoms with Gasteiger partial charge < -0.3 is 19.9 Å². The van der Waals surface area contributed by atoms with Crippen LogP contribution in [0, 0.1) is 5.82 Å². The molecule has 1 aliphatic heterocycles. The van der Waals surface area contributed by atoms with E-state index >= 15 is 0 Å². The minimum absolute atomic E-state index is 0.0421. The first-order chi connectivity index (χ1) is 21.5. The first-order valence-electron chi connectivity index (χ1n) is 14.3. The van der Waals surface area contributed by atoms with Gasteiger partial charge in [-0.05, 0) is 65.0 Å². The van der Waals surface area contributed by atoms with Crippen molar-refractivity contribution in [2.75, 3.05) is 19.8 Å². The zero-order chi connectivity index (χ0) is 30.8. The van der Waals surface area contributed by atoms with Crippen molar-refractivity contribution in [3.05, 3.63) is 142 Å². The zero-order valence-electron chi connectivity index (χ0n) is 24.0. The van der Waals surface area contributed by atoms with E-state index < -0.39 is 11.6 Å². The van der Waals surface area contributed by atoms with Crippen molar-refractivity contribution in [3.63, 3.8) is 0 Å². The quantitative estimate of drug-likeness (QED) is 0.0806. The van der Waals surface area contributed by atoms with Crippen LogP contribution in [-0.4, -0.2) is 42.2 Å². The van der Waals surface area contributed by atoms with E-state index in [2.05, 4.69) is 15.3 Å². The van der Waals surface area contributed by atoms with Crippen LogP contribution in [0.1, 0.15) is 34.8 Å². The highest BCUT2D eigenvalue weighted by atomic mass is 19.1. The van der Waals surface area contributed by atoms with Crippen LogP contribution in [0.25, 0.3) is 10.4 Å². The van der Waals surface area contributed by atoms with Gasteiger partial charge in [0.15, 0.2) is 11.6 Å². The molecule has 0 aliphatic carbocycles. The van der Waals surface area contributed by atoms with Crippen LogP contribution in [0.5, 0.6) is 5.75 Å². The first kappa shape index (κ1) is 30.3. The van der Waals surface area contributed by atoms with E-state index in [4.69, 9.17) is 19.6 Å². The molecule has 2 N–H and O–H groups in total. The van der Waals surface area contributed by atoms with Gasteiger partial charge in [0.25, 0.3) is 5.91 Å². The summed E-state index contributed by atoms with van der Waals surface area (Å²) >= 11 is 0. The van der Waals surface area contributed by atoms with E-state index in [0.29, 0.717) is 42.0 Å². The van der Waals surface area contributed by atoms with Gasteiger partial charge in [-0.15, -0.1) is 0 Å². The van der Waals surface area contributed by atoms with Crippen molar-refractivity contribution in [3.8, 4) is 5.75 Å². The van der Waals surface area contributed by atoms with E-state index in [9.17, 15) is 14.7 Å². The molecule has 0 spiro atoms. The summed E-state index contributed by atoms with van der Waals surface area (Å²) in [6.07, 6.45) is 0.300. The molecule has 4 aromatic carbocycles. The molecule has 9 nitrogen and oxygen atoms in total. The molecular formula is C34H32FN5O4. The highest BCUT2D eigenvalue weighted by Gasteiger charge is 2.53. The Bertz CT molecular complexity index is 1640. The van der Waals surface area contributed by atoms with Crippen LogP contribution in [0.2, 0.25) is 0 Å². The lowest BCUT2D eigenvalue weighted by molar-refractivity contribution is -0.128. The molecule has 0 fully saturated rings. The number of aliphatic hydroxyl groups excluding tert-OH is 1. The van der Waals surface area contributed by atoms with Gasteiger partial charge in [-0.3, -0.25) is 4.79 Å². The minimum atomic E-state index is -1.46. The monoisotopic (exact) mass is 593 g/mol. The highest BCUT2D eigenvalue weighted by Crippen LogP contribution is 2.43. The van der Waals surface area contributed by atoms with Crippen LogP contribution in [0.3, 0.4) is 0 Å². The summed E-state index contributed by atoms with van der Waals surface area (Å²) in [4.78, 5) is 22.3. The zero-order valence-corrected chi connectivity index (χ0v) is 24.0. The van der Waals surface area contributed by atoms with Crippen LogP contribution >= 0.6 is 0 Å². The van der Waals surface area contributed by atoms with Crippen molar-refractivity contribution in [1.29, 1.82) is 0 Å². The molecule has 1 aliphatic rings. The third-order valence-corrected chi connectivity index (χ3v) is 7.35. The number of nitrogens with one attached hydrogen (secondary N) is 1. The number of hydrogen-bond donors (Lipinski definition) is 2. The number of aliphatic hydroxyl groups is 1. The van der Waals surface area contributed by atoms with Gasteiger partial charge in [-0.2, -0.15) is 0 Å². The SMILES string of the molecule is [N-]=[N+]=Nc1ccccc1C[C@@]1(C(=O)NCCc2ccc(F)cc2)N=C(c2ccc(OCCCO)cc2)O[C@@H]1c1ccccc1. The summed E-state index contributed by atoms with van der Waals surface area (Å²) in [7, 11) is 0. The van der Waals surface area contributed by atoms with Crippen molar-refractivity contribution in [2.45, 2.75) is 30.9 Å². The Hall–Kier alpha value is -5.18. The molecule has 0 bridgehead atoms. The number of carbonyl (C=O) groups is 1. The Morgan fingerprint density at radius 3 is 2.48 bits per heavy atom. The third-order valence-electron chi connectivity index (χ3n) is 7.35. The number of rotatable bonds is 13. The summed E-state index contributed by atoms with van der Waals surface area (Å²) in [5.41, 5.74) is 11.1. The van der Waals surface area contributed by atoms with E-state index in [1.165, 1.54) is 12.1 Å². The number of halogens is 1. The molecule has 44 heavy (non-hydrogen) atoms. The maximum atomic E-state index is 14.3. The predicted octanol–water partition coefficient (Wildman–Crippen LogP) is 6.39. The van der Waals surface area contributed by atoms with Crippen molar-refractivity contribution < 1.29 is 23.8 Å². The number of carbonyl (C=O) groups excluding carboxylic acids is 1. The molecule has 224 valence electrons. The van der Waals surface area contributed by atoms with Gasteiger partial charge in [0.1, 0.15) is 11.6 Å². The summed E-state index contributed by atoms with van der Waals surface area (Å²) in [6.45, 7) is 0.714. The molecule has 0 unspecified atom stereocenters. The maximum Gasteiger partial charge on any atom is 0.252 e. The minimum Gasteiger partial charge on any atom is -0.494 e. The number of azide groups is 1. The average molecular weight is 594 g/mol. The number of nitrogens with zero attached hydrogens (tertiary/aromatic N) is 4. The van der Waals surface area contributed by atoms with Gasteiger partial charge in [0, 0.05) is 42.2 Å². The summed E-state index contributed by atoms with van der Waals surface area (Å²) < 4.78 is 25.6. The molecule has 0 radical (unpaired) electrons. The first-order valence-corrected chi connectivity index (χ1v) is 14.3. The number of hydrogen-bond acceptors (Lipinski definition) is 6. The number of ether oxygens (including phenoxy) is 2. The molecule has 4 aromatic rings. The van der Waals surface area contributed by atoms with Crippen LogP contribution in [0.15, 0.2) is 113 Å². The summed E-state index contributed by atoms with van der Waals surface area (Å²) in [5.74, 6) is 0.239. The topological polar surface area (TPSA) is 129 Å². The second-order valence-corrected chi connectivity index (χ2v) is 10.3. The molecule has 10 heteroatoms. The number of amides is 1. The van der Waals surface area contributed by atoms with Gasteiger partial charge >= 0.3 is 0 Å². The number of aliphatic imine (C=N–C) groups is 1. The second kappa shape index (κ2) is 14.3. The third kappa shape index (κ3) is 7.06. The van der Waals surface area contributed by atoms with E-state index in [0.717, 1.165) is 11.1 Å². The Morgan fingerprint density at radius 2 is 1.75 bits per heavy atom. The normalized spacial score (nSPS) is 17.2. The lowest BCUT2D eigenvalue weighted by Crippen LogP contribution is -2.50. The Kier molecular flexibility index (Phi) is 9.86. The fourth-order valence-electron chi connectivity index (χ4n) is 5.13. The van der Waals surface area contributed by atoms with Gasteiger partial charge in [-0.25, -0.2) is 9.38 Å². The predicted molar refractivity (Wildman–Crippen MR) is 165 cm³/mol. The van der Waals surface area contributed by atoms with Gasteiger partial charge in [0.05, 0.1) is 6.61 Å². The van der Waals surface area contributed by atoms with Crippen molar-refractivity contribution in [1.82, 2.24) is 5.32 Å². The Balaban J connectivity index is 1.53. The average Bonchev–Trinajstić information content (AvgIpc) is 3.44. The molecule has 1 amide bonds. The van der Waals surface area contributed by atoms with Crippen LogP contribution in [-0.2, 0) is 22.4 Å².